The van der Waals surface area contributed by atoms with Gasteiger partial charge >= 0.3 is 5.97 Å². The number of carbonyl (C=O) groups is 1. The number of methoxy groups -OCH3 is 1. The Labute approximate surface area is 109 Å². The van der Waals surface area contributed by atoms with E-state index in [4.69, 9.17) is 0 Å². The minimum atomic E-state index is -0.589. The van der Waals surface area contributed by atoms with E-state index < -0.39 is 11.8 Å². The van der Waals surface area contributed by atoms with Gasteiger partial charge in [-0.25, -0.2) is 9.18 Å². The zero-order valence-corrected chi connectivity index (χ0v) is 11.0. The molecule has 1 aromatic carbocycles. The molecular weight excluding hydrogens is 311 g/mol. The zero-order chi connectivity index (χ0) is 12.4. The zero-order valence-electron chi connectivity index (χ0n) is 8.61. The second-order valence-corrected chi connectivity index (χ2v) is 5.33. The molecule has 0 spiro atoms. The first kappa shape index (κ1) is 12.1. The number of carbonyl (C=O) groups excluding carboxylic acids is 1. The fourth-order valence-electron chi connectivity index (χ4n) is 1.27. The number of nitrogens with zero attached hydrogens (tertiary/aromatic N) is 2. The minimum absolute atomic E-state index is 0.147. The van der Waals surface area contributed by atoms with Gasteiger partial charge in [0.2, 0.25) is 0 Å². The lowest BCUT2D eigenvalue weighted by Gasteiger charge is -2.02. The average Bonchev–Trinajstić information content (AvgIpc) is 2.74. The molecule has 88 valence electrons. The summed E-state index contributed by atoms with van der Waals surface area (Å²) in [5, 5.41) is 8.15. The smallest absolute Gasteiger partial charge is 0.337 e. The third-order valence-corrected chi connectivity index (χ3v) is 3.37. The first-order valence-electron chi connectivity index (χ1n) is 4.48. The summed E-state index contributed by atoms with van der Waals surface area (Å²) >= 11 is 4.42. The van der Waals surface area contributed by atoms with Crippen molar-refractivity contribution in [3.63, 3.8) is 0 Å². The Kier molecular flexibility index (Phi) is 3.49. The second kappa shape index (κ2) is 4.89. The van der Waals surface area contributed by atoms with Crippen LogP contribution in [0, 0.1) is 5.82 Å². The highest BCUT2D eigenvalue weighted by atomic mass is 79.9. The molecule has 0 bridgehead atoms. The molecule has 1 aromatic heterocycles. The fourth-order valence-corrected chi connectivity index (χ4v) is 2.37. The topological polar surface area (TPSA) is 52.1 Å². The van der Waals surface area contributed by atoms with Gasteiger partial charge in [0, 0.05) is 5.56 Å². The van der Waals surface area contributed by atoms with Gasteiger partial charge in [0.05, 0.1) is 12.7 Å². The van der Waals surface area contributed by atoms with E-state index in [-0.39, 0.29) is 5.56 Å². The number of halogens is 2. The summed E-state index contributed by atoms with van der Waals surface area (Å²) in [6, 6.07) is 3.92. The lowest BCUT2D eigenvalue weighted by atomic mass is 10.1. The SMILES string of the molecule is COC(=O)c1cc(F)cc(-c2nnc(Br)s2)c1. The Morgan fingerprint density at radius 1 is 1.41 bits per heavy atom. The van der Waals surface area contributed by atoms with E-state index in [1.54, 1.807) is 0 Å². The molecule has 0 unspecified atom stereocenters. The van der Waals surface area contributed by atoms with Crippen LogP contribution in [0.1, 0.15) is 10.4 Å². The monoisotopic (exact) mass is 316 g/mol. The Morgan fingerprint density at radius 3 is 2.76 bits per heavy atom. The first-order chi connectivity index (χ1) is 8.10. The predicted molar refractivity (Wildman–Crippen MR) is 64.3 cm³/mol. The molecule has 0 aliphatic carbocycles. The maximum atomic E-state index is 13.4. The Balaban J connectivity index is 2.48. The van der Waals surface area contributed by atoms with E-state index in [0.717, 1.165) is 6.07 Å². The number of ether oxygens (including phenoxy) is 1. The molecule has 2 rings (SSSR count). The van der Waals surface area contributed by atoms with Gasteiger partial charge in [-0.2, -0.15) is 0 Å². The van der Waals surface area contributed by atoms with Gasteiger partial charge in [-0.15, -0.1) is 10.2 Å². The average molecular weight is 317 g/mol. The Morgan fingerprint density at radius 2 is 2.18 bits per heavy atom. The third kappa shape index (κ3) is 2.67. The van der Waals surface area contributed by atoms with Crippen molar-refractivity contribution < 1.29 is 13.9 Å². The number of esters is 1. The molecule has 0 fully saturated rings. The van der Waals surface area contributed by atoms with Crippen LogP contribution in [-0.4, -0.2) is 23.3 Å². The molecule has 0 saturated carbocycles. The summed E-state index contributed by atoms with van der Waals surface area (Å²) in [5.74, 6) is -1.11. The number of rotatable bonds is 2. The van der Waals surface area contributed by atoms with Gasteiger partial charge in [0.25, 0.3) is 0 Å². The van der Waals surface area contributed by atoms with E-state index in [1.807, 2.05) is 0 Å². The van der Waals surface area contributed by atoms with Crippen LogP contribution >= 0.6 is 27.3 Å². The van der Waals surface area contributed by atoms with Crippen molar-refractivity contribution >= 4 is 33.2 Å². The quantitative estimate of drug-likeness (QED) is 0.799. The molecule has 0 N–H and O–H groups in total. The predicted octanol–water partition coefficient (Wildman–Crippen LogP) is 2.89. The molecule has 17 heavy (non-hydrogen) atoms. The molecule has 0 aliphatic rings. The third-order valence-electron chi connectivity index (χ3n) is 1.97. The van der Waals surface area contributed by atoms with Gasteiger partial charge < -0.3 is 4.74 Å². The highest BCUT2D eigenvalue weighted by Gasteiger charge is 2.12. The van der Waals surface area contributed by atoms with Gasteiger partial charge in [-0.1, -0.05) is 11.3 Å². The summed E-state index contributed by atoms with van der Waals surface area (Å²) in [5.41, 5.74) is 0.641. The lowest BCUT2D eigenvalue weighted by Crippen LogP contribution is -2.02. The van der Waals surface area contributed by atoms with Crippen molar-refractivity contribution in [3.8, 4) is 10.6 Å². The van der Waals surface area contributed by atoms with E-state index in [0.29, 0.717) is 14.5 Å². The van der Waals surface area contributed by atoms with Crippen LogP contribution in [0.5, 0.6) is 0 Å². The molecule has 7 heteroatoms. The Hall–Kier alpha value is -1.34. The van der Waals surface area contributed by atoms with E-state index >= 15 is 0 Å². The van der Waals surface area contributed by atoms with Crippen molar-refractivity contribution in [2.45, 2.75) is 0 Å². The van der Waals surface area contributed by atoms with Gasteiger partial charge in [0.1, 0.15) is 10.8 Å². The molecule has 0 radical (unpaired) electrons. The molecule has 0 amide bonds. The van der Waals surface area contributed by atoms with Crippen LogP contribution < -0.4 is 0 Å². The normalized spacial score (nSPS) is 10.3. The first-order valence-corrected chi connectivity index (χ1v) is 6.09. The molecular formula is C10H6BrFN2O2S. The summed E-state index contributed by atoms with van der Waals surface area (Å²) in [4.78, 5) is 11.3. The van der Waals surface area contributed by atoms with Crippen molar-refractivity contribution in [1.29, 1.82) is 0 Å². The molecule has 4 nitrogen and oxygen atoms in total. The summed E-state index contributed by atoms with van der Waals surface area (Å²) in [6.45, 7) is 0. The number of hydrogen-bond acceptors (Lipinski definition) is 5. The second-order valence-electron chi connectivity index (χ2n) is 3.08. The largest absolute Gasteiger partial charge is 0.465 e. The molecule has 0 saturated heterocycles. The van der Waals surface area contributed by atoms with E-state index in [9.17, 15) is 9.18 Å². The van der Waals surface area contributed by atoms with Crippen molar-refractivity contribution in [1.82, 2.24) is 10.2 Å². The van der Waals surface area contributed by atoms with Gasteiger partial charge in [0.15, 0.2) is 3.92 Å². The maximum absolute atomic E-state index is 13.4. The summed E-state index contributed by atoms with van der Waals surface area (Å²) < 4.78 is 18.5. The van der Waals surface area contributed by atoms with Crippen LogP contribution in [0.4, 0.5) is 4.39 Å². The van der Waals surface area contributed by atoms with Crippen molar-refractivity contribution in [3.05, 3.63) is 33.5 Å². The fraction of sp³-hybridized carbons (Fsp3) is 0.100. The summed E-state index contributed by atoms with van der Waals surface area (Å²) in [7, 11) is 1.24. The molecule has 2 aromatic rings. The maximum Gasteiger partial charge on any atom is 0.337 e. The van der Waals surface area contributed by atoms with Crippen molar-refractivity contribution in [2.24, 2.45) is 0 Å². The highest BCUT2D eigenvalue weighted by molar-refractivity contribution is 9.11. The van der Waals surface area contributed by atoms with Crippen LogP contribution in [-0.2, 0) is 4.74 Å². The Bertz CT molecular complexity index is 573. The van der Waals surface area contributed by atoms with Gasteiger partial charge in [-0.3, -0.25) is 0 Å². The van der Waals surface area contributed by atoms with E-state index in [2.05, 4.69) is 30.9 Å². The highest BCUT2D eigenvalue weighted by Crippen LogP contribution is 2.27. The van der Waals surface area contributed by atoms with Gasteiger partial charge in [-0.05, 0) is 34.1 Å². The standard InChI is InChI=1S/C10H6BrFN2O2S/c1-16-9(15)6-2-5(3-7(12)4-6)8-13-14-10(11)17-8/h2-4H,1H3. The summed E-state index contributed by atoms with van der Waals surface area (Å²) in [6.07, 6.45) is 0. The molecule has 1 heterocycles. The van der Waals surface area contributed by atoms with Crippen molar-refractivity contribution in [2.75, 3.05) is 7.11 Å². The minimum Gasteiger partial charge on any atom is -0.465 e. The van der Waals surface area contributed by atoms with E-state index in [1.165, 1.54) is 30.6 Å². The number of hydrogen-bond donors (Lipinski definition) is 0. The van der Waals surface area contributed by atoms with Crippen LogP contribution in [0.25, 0.3) is 10.6 Å². The van der Waals surface area contributed by atoms with Crippen LogP contribution in [0.2, 0.25) is 0 Å². The van der Waals surface area contributed by atoms with Crippen LogP contribution in [0.15, 0.2) is 22.1 Å². The van der Waals surface area contributed by atoms with Crippen LogP contribution in [0.3, 0.4) is 0 Å². The molecule has 0 aliphatic heterocycles. The number of benzene rings is 1. The number of aromatic nitrogens is 2. The lowest BCUT2D eigenvalue weighted by molar-refractivity contribution is 0.0600. The molecule has 0 atom stereocenters.